The van der Waals surface area contributed by atoms with Crippen molar-refractivity contribution in [3.8, 4) is 0 Å². The van der Waals surface area contributed by atoms with Crippen LogP contribution >= 0.6 is 0 Å². The molecule has 0 fully saturated rings. The summed E-state index contributed by atoms with van der Waals surface area (Å²) in [6, 6.07) is 0. The van der Waals surface area contributed by atoms with E-state index in [1.54, 1.807) is 0 Å². The molecule has 0 saturated heterocycles. The van der Waals surface area contributed by atoms with E-state index in [9.17, 15) is 9.59 Å². The molecule has 0 aromatic carbocycles. The van der Waals surface area contributed by atoms with Gasteiger partial charge in [0.1, 0.15) is 6.29 Å². The van der Waals surface area contributed by atoms with E-state index in [0.29, 0.717) is 6.42 Å². The van der Waals surface area contributed by atoms with E-state index in [1.165, 1.54) is 26.4 Å². The number of hydrogen-bond donors (Lipinski definition) is 0. The predicted octanol–water partition coefficient (Wildman–Crippen LogP) is 3.12. The quantitative estimate of drug-likeness (QED) is 0.328. The van der Waals surface area contributed by atoms with E-state index in [1.807, 2.05) is 6.92 Å². The van der Waals surface area contributed by atoms with Crippen molar-refractivity contribution in [3.63, 3.8) is 0 Å². The van der Waals surface area contributed by atoms with Crippen molar-refractivity contribution in [1.29, 1.82) is 0 Å². The first-order valence-corrected chi connectivity index (χ1v) is 6.22. The van der Waals surface area contributed by atoms with Gasteiger partial charge in [0, 0.05) is 12.3 Å². The molecule has 0 aliphatic carbocycles. The van der Waals surface area contributed by atoms with Crippen LogP contribution in [0.4, 0.5) is 0 Å². The Morgan fingerprint density at radius 1 is 1.12 bits per heavy atom. The standard InChI is InChI=1S/C13H24O3/c1-12(11-14)9-7-5-3-4-6-8-10-13(15)16-2/h11-12H,3-10H2,1-2H3. The van der Waals surface area contributed by atoms with Crippen molar-refractivity contribution in [3.05, 3.63) is 0 Å². The molecule has 0 aromatic heterocycles. The number of aldehydes is 1. The zero-order chi connectivity index (χ0) is 12.2. The van der Waals surface area contributed by atoms with Crippen molar-refractivity contribution < 1.29 is 14.3 Å². The predicted molar refractivity (Wildman–Crippen MR) is 64.2 cm³/mol. The lowest BCUT2D eigenvalue weighted by Gasteiger charge is -2.03. The van der Waals surface area contributed by atoms with Gasteiger partial charge in [-0.25, -0.2) is 0 Å². The van der Waals surface area contributed by atoms with Crippen molar-refractivity contribution in [2.75, 3.05) is 7.11 Å². The summed E-state index contributed by atoms with van der Waals surface area (Å²) in [5.74, 6) is 0.0964. The molecule has 0 rings (SSSR count). The third kappa shape index (κ3) is 9.69. The Morgan fingerprint density at radius 2 is 1.69 bits per heavy atom. The summed E-state index contributed by atoms with van der Waals surface area (Å²) in [6.45, 7) is 1.96. The molecule has 0 aliphatic heterocycles. The van der Waals surface area contributed by atoms with Crippen LogP contribution in [-0.2, 0) is 14.3 Å². The second kappa shape index (κ2) is 10.7. The third-order valence-corrected chi connectivity index (χ3v) is 2.75. The lowest BCUT2D eigenvalue weighted by Crippen LogP contribution is -1.99. The van der Waals surface area contributed by atoms with Gasteiger partial charge in [0.25, 0.3) is 0 Å². The fraction of sp³-hybridized carbons (Fsp3) is 0.846. The number of esters is 1. The Labute approximate surface area is 98.6 Å². The number of methoxy groups -OCH3 is 1. The van der Waals surface area contributed by atoms with Gasteiger partial charge in [0.15, 0.2) is 0 Å². The van der Waals surface area contributed by atoms with E-state index in [-0.39, 0.29) is 11.9 Å². The van der Waals surface area contributed by atoms with Crippen LogP contribution < -0.4 is 0 Å². The molecule has 1 atom stereocenters. The molecule has 0 saturated carbocycles. The Morgan fingerprint density at radius 3 is 2.25 bits per heavy atom. The summed E-state index contributed by atoms with van der Waals surface area (Å²) >= 11 is 0. The van der Waals surface area contributed by atoms with Gasteiger partial charge in [-0.2, -0.15) is 0 Å². The maximum Gasteiger partial charge on any atom is 0.305 e. The van der Waals surface area contributed by atoms with Crippen molar-refractivity contribution >= 4 is 12.3 Å². The normalized spacial score (nSPS) is 12.1. The molecule has 0 amide bonds. The summed E-state index contributed by atoms with van der Waals surface area (Å²) in [5, 5.41) is 0. The first-order chi connectivity index (χ1) is 7.70. The largest absolute Gasteiger partial charge is 0.469 e. The van der Waals surface area contributed by atoms with Gasteiger partial charge < -0.3 is 9.53 Å². The second-order valence-electron chi connectivity index (χ2n) is 4.35. The highest BCUT2D eigenvalue weighted by atomic mass is 16.5. The maximum absolute atomic E-state index is 10.8. The minimum atomic E-state index is -0.111. The first kappa shape index (κ1) is 15.1. The summed E-state index contributed by atoms with van der Waals surface area (Å²) in [4.78, 5) is 21.2. The molecule has 0 aromatic rings. The van der Waals surface area contributed by atoms with Gasteiger partial charge >= 0.3 is 5.97 Å². The Balaban J connectivity index is 3.10. The zero-order valence-electron chi connectivity index (χ0n) is 10.5. The van der Waals surface area contributed by atoms with Crippen LogP contribution in [0.15, 0.2) is 0 Å². The van der Waals surface area contributed by atoms with Gasteiger partial charge in [-0.15, -0.1) is 0 Å². The molecular weight excluding hydrogens is 204 g/mol. The van der Waals surface area contributed by atoms with E-state index < -0.39 is 0 Å². The number of unbranched alkanes of at least 4 members (excludes halogenated alkanes) is 5. The van der Waals surface area contributed by atoms with Gasteiger partial charge in [0.2, 0.25) is 0 Å². The molecule has 0 aliphatic rings. The van der Waals surface area contributed by atoms with Crippen LogP contribution in [0.2, 0.25) is 0 Å². The van der Waals surface area contributed by atoms with E-state index in [4.69, 9.17) is 0 Å². The van der Waals surface area contributed by atoms with Gasteiger partial charge in [0.05, 0.1) is 7.11 Å². The topological polar surface area (TPSA) is 43.4 Å². The van der Waals surface area contributed by atoms with Crippen LogP contribution in [0.1, 0.15) is 58.3 Å². The molecule has 1 unspecified atom stereocenters. The second-order valence-corrected chi connectivity index (χ2v) is 4.35. The molecule has 0 bridgehead atoms. The molecule has 94 valence electrons. The highest BCUT2D eigenvalue weighted by Crippen LogP contribution is 2.11. The number of hydrogen-bond acceptors (Lipinski definition) is 3. The smallest absolute Gasteiger partial charge is 0.305 e. The summed E-state index contributed by atoms with van der Waals surface area (Å²) < 4.78 is 4.56. The molecule has 3 nitrogen and oxygen atoms in total. The van der Waals surface area contributed by atoms with E-state index in [0.717, 1.165) is 32.0 Å². The Kier molecular flexibility index (Phi) is 10.1. The minimum absolute atomic E-state index is 0.111. The molecule has 0 radical (unpaired) electrons. The van der Waals surface area contributed by atoms with Gasteiger partial charge in [-0.3, -0.25) is 4.79 Å². The van der Waals surface area contributed by atoms with Crippen molar-refractivity contribution in [2.24, 2.45) is 5.92 Å². The molecule has 16 heavy (non-hydrogen) atoms. The molecule has 0 heterocycles. The lowest BCUT2D eigenvalue weighted by molar-refractivity contribution is -0.140. The average Bonchev–Trinajstić information content (AvgIpc) is 2.31. The Hall–Kier alpha value is -0.860. The SMILES string of the molecule is COC(=O)CCCCCCCCC(C)C=O. The number of rotatable bonds is 10. The summed E-state index contributed by atoms with van der Waals surface area (Å²) in [5.41, 5.74) is 0. The zero-order valence-corrected chi connectivity index (χ0v) is 10.5. The monoisotopic (exact) mass is 228 g/mol. The molecule has 3 heteroatoms. The highest BCUT2D eigenvalue weighted by Gasteiger charge is 2.00. The number of carbonyl (C=O) groups is 2. The van der Waals surface area contributed by atoms with Crippen LogP contribution in [-0.4, -0.2) is 19.4 Å². The van der Waals surface area contributed by atoms with Crippen LogP contribution in [0.25, 0.3) is 0 Å². The number of carbonyl (C=O) groups excluding carboxylic acids is 2. The lowest BCUT2D eigenvalue weighted by atomic mass is 10.0. The Bertz CT molecular complexity index is 190. The summed E-state index contributed by atoms with van der Waals surface area (Å²) in [6.07, 6.45) is 9.29. The average molecular weight is 228 g/mol. The van der Waals surface area contributed by atoms with E-state index in [2.05, 4.69) is 4.74 Å². The molecule has 0 spiro atoms. The van der Waals surface area contributed by atoms with Crippen molar-refractivity contribution in [2.45, 2.75) is 58.3 Å². The maximum atomic E-state index is 10.8. The minimum Gasteiger partial charge on any atom is -0.469 e. The van der Waals surface area contributed by atoms with E-state index >= 15 is 0 Å². The van der Waals surface area contributed by atoms with Gasteiger partial charge in [-0.05, 0) is 12.8 Å². The highest BCUT2D eigenvalue weighted by molar-refractivity contribution is 5.68. The van der Waals surface area contributed by atoms with Crippen LogP contribution in [0.3, 0.4) is 0 Å². The number of ether oxygens (including phenoxy) is 1. The summed E-state index contributed by atoms with van der Waals surface area (Å²) in [7, 11) is 1.43. The van der Waals surface area contributed by atoms with Crippen LogP contribution in [0, 0.1) is 5.92 Å². The first-order valence-electron chi connectivity index (χ1n) is 6.22. The molecule has 0 N–H and O–H groups in total. The third-order valence-electron chi connectivity index (χ3n) is 2.75. The van der Waals surface area contributed by atoms with Crippen molar-refractivity contribution in [1.82, 2.24) is 0 Å². The fourth-order valence-electron chi connectivity index (χ4n) is 1.61. The van der Waals surface area contributed by atoms with Gasteiger partial charge in [-0.1, -0.05) is 39.0 Å². The fourth-order valence-corrected chi connectivity index (χ4v) is 1.61. The van der Waals surface area contributed by atoms with Crippen LogP contribution in [0.5, 0.6) is 0 Å². The molecular formula is C13H24O3.